The number of para-hydroxylation sites is 2. The molecule has 0 fully saturated rings. The first-order valence-electron chi connectivity index (χ1n) is 7.39. The van der Waals surface area contributed by atoms with Gasteiger partial charge in [-0.25, -0.2) is 0 Å². The van der Waals surface area contributed by atoms with E-state index in [1.165, 1.54) is 5.56 Å². The zero-order valence-electron chi connectivity index (χ0n) is 12.9. The molecule has 0 aliphatic carbocycles. The van der Waals surface area contributed by atoms with Crippen molar-refractivity contribution in [3.63, 3.8) is 0 Å². The third-order valence-electron chi connectivity index (χ3n) is 3.19. The number of anilines is 1. The number of rotatable bonds is 7. The van der Waals surface area contributed by atoms with E-state index in [9.17, 15) is 4.79 Å². The van der Waals surface area contributed by atoms with E-state index in [-0.39, 0.29) is 11.2 Å². The molecule has 0 aliphatic rings. The highest BCUT2D eigenvalue weighted by atomic mass is 32.2. The van der Waals surface area contributed by atoms with Crippen molar-refractivity contribution >= 4 is 23.4 Å². The van der Waals surface area contributed by atoms with Crippen molar-refractivity contribution in [1.82, 2.24) is 0 Å². The molecule has 0 bridgehead atoms. The van der Waals surface area contributed by atoms with Crippen molar-refractivity contribution in [2.75, 3.05) is 17.7 Å². The van der Waals surface area contributed by atoms with Crippen LogP contribution in [0.25, 0.3) is 0 Å². The maximum Gasteiger partial charge on any atom is 0.234 e. The summed E-state index contributed by atoms with van der Waals surface area (Å²) >= 11 is 1.62. The zero-order valence-corrected chi connectivity index (χ0v) is 13.7. The number of hydrogen-bond donors (Lipinski definition) is 1. The smallest absolute Gasteiger partial charge is 0.234 e. The average molecular weight is 315 g/mol. The number of amides is 1. The Morgan fingerprint density at radius 2 is 1.82 bits per heavy atom. The number of nitrogens with one attached hydrogen (secondary N) is 1. The van der Waals surface area contributed by atoms with Crippen LogP contribution in [0.3, 0.4) is 0 Å². The van der Waals surface area contributed by atoms with Crippen LogP contribution in [0.1, 0.15) is 24.7 Å². The summed E-state index contributed by atoms with van der Waals surface area (Å²) in [5.74, 6) is 1.11. The van der Waals surface area contributed by atoms with Crippen molar-refractivity contribution in [1.29, 1.82) is 0 Å². The van der Waals surface area contributed by atoms with Gasteiger partial charge in [0.15, 0.2) is 0 Å². The second-order valence-corrected chi connectivity index (χ2v) is 6.17. The Hall–Kier alpha value is -1.94. The maximum atomic E-state index is 12.1. The fraction of sp³-hybridized carbons (Fsp3) is 0.278. The Labute approximate surface area is 136 Å². The monoisotopic (exact) mass is 315 g/mol. The van der Waals surface area contributed by atoms with E-state index >= 15 is 0 Å². The van der Waals surface area contributed by atoms with Crippen LogP contribution in [0.5, 0.6) is 5.75 Å². The molecule has 1 N–H and O–H groups in total. The molecule has 4 heteroatoms. The molecule has 0 saturated carbocycles. The quantitative estimate of drug-likeness (QED) is 0.816. The van der Waals surface area contributed by atoms with Gasteiger partial charge in [-0.05, 0) is 31.5 Å². The van der Waals surface area contributed by atoms with Crippen LogP contribution >= 0.6 is 11.8 Å². The van der Waals surface area contributed by atoms with E-state index in [0.29, 0.717) is 18.1 Å². The normalized spacial score (nSPS) is 11.7. The van der Waals surface area contributed by atoms with E-state index < -0.39 is 0 Å². The third kappa shape index (κ3) is 4.81. The van der Waals surface area contributed by atoms with Gasteiger partial charge in [0, 0.05) is 5.25 Å². The minimum atomic E-state index is -0.0139. The van der Waals surface area contributed by atoms with Crippen LogP contribution < -0.4 is 10.1 Å². The number of carbonyl (C=O) groups excluding carboxylic acids is 1. The molecule has 0 radical (unpaired) electrons. The predicted octanol–water partition coefficient (Wildman–Crippen LogP) is 4.52. The Balaban J connectivity index is 1.88. The molecule has 1 amide bonds. The Bertz CT molecular complexity index is 601. The molecule has 0 aromatic heterocycles. The largest absolute Gasteiger partial charge is 0.492 e. The molecule has 116 valence electrons. The first-order chi connectivity index (χ1) is 10.7. The Morgan fingerprint density at radius 1 is 1.14 bits per heavy atom. The summed E-state index contributed by atoms with van der Waals surface area (Å²) in [4.78, 5) is 12.1. The fourth-order valence-electron chi connectivity index (χ4n) is 2.06. The van der Waals surface area contributed by atoms with Crippen molar-refractivity contribution in [2.45, 2.75) is 19.1 Å². The van der Waals surface area contributed by atoms with Gasteiger partial charge in [0.1, 0.15) is 5.75 Å². The highest BCUT2D eigenvalue weighted by Gasteiger charge is 2.11. The number of carbonyl (C=O) groups is 1. The molecule has 3 nitrogen and oxygen atoms in total. The standard InChI is InChI=1S/C18H21NO2S/c1-3-21-17-12-8-7-11-16(17)19-18(20)13-22-14(2)15-9-5-4-6-10-15/h4-12,14H,3,13H2,1-2H3,(H,19,20)/t14-/m1/s1. The topological polar surface area (TPSA) is 38.3 Å². The summed E-state index contributed by atoms with van der Waals surface area (Å²) in [6.07, 6.45) is 0. The van der Waals surface area contributed by atoms with Crippen molar-refractivity contribution in [3.05, 3.63) is 60.2 Å². The van der Waals surface area contributed by atoms with Crippen molar-refractivity contribution < 1.29 is 9.53 Å². The van der Waals surface area contributed by atoms with Gasteiger partial charge in [0.2, 0.25) is 5.91 Å². The lowest BCUT2D eigenvalue weighted by atomic mass is 10.2. The van der Waals surface area contributed by atoms with Crippen LogP contribution in [0, 0.1) is 0 Å². The minimum Gasteiger partial charge on any atom is -0.492 e. The van der Waals surface area contributed by atoms with Crippen LogP contribution in [-0.4, -0.2) is 18.3 Å². The highest BCUT2D eigenvalue weighted by molar-refractivity contribution is 8.00. The SMILES string of the molecule is CCOc1ccccc1NC(=O)CS[C@H](C)c1ccccc1. The average Bonchev–Trinajstić information content (AvgIpc) is 2.55. The predicted molar refractivity (Wildman–Crippen MR) is 93.6 cm³/mol. The fourth-order valence-corrected chi connectivity index (χ4v) is 2.88. The van der Waals surface area contributed by atoms with Gasteiger partial charge < -0.3 is 10.1 Å². The lowest BCUT2D eigenvalue weighted by Gasteiger charge is -2.13. The first-order valence-corrected chi connectivity index (χ1v) is 8.43. The van der Waals surface area contributed by atoms with E-state index in [2.05, 4.69) is 24.4 Å². The van der Waals surface area contributed by atoms with Crippen LogP contribution in [0.2, 0.25) is 0 Å². The number of hydrogen-bond acceptors (Lipinski definition) is 3. The molecular weight excluding hydrogens is 294 g/mol. The summed E-state index contributed by atoms with van der Waals surface area (Å²) in [7, 11) is 0. The van der Waals surface area contributed by atoms with E-state index in [0.717, 1.165) is 5.69 Å². The molecule has 0 spiro atoms. The summed E-state index contributed by atoms with van der Waals surface area (Å²) in [6.45, 7) is 4.62. The van der Waals surface area contributed by atoms with Crippen LogP contribution in [-0.2, 0) is 4.79 Å². The highest BCUT2D eigenvalue weighted by Crippen LogP contribution is 2.28. The van der Waals surface area contributed by atoms with Gasteiger partial charge in [-0.1, -0.05) is 42.5 Å². The number of ether oxygens (including phenoxy) is 1. The molecular formula is C18H21NO2S. The molecule has 2 rings (SSSR count). The molecule has 22 heavy (non-hydrogen) atoms. The number of thioether (sulfide) groups is 1. The van der Waals surface area contributed by atoms with E-state index in [4.69, 9.17) is 4.74 Å². The minimum absolute atomic E-state index is 0.0139. The summed E-state index contributed by atoms with van der Waals surface area (Å²) in [6, 6.07) is 17.7. The zero-order chi connectivity index (χ0) is 15.8. The Kier molecular flexibility index (Phi) is 6.34. The molecule has 0 heterocycles. The van der Waals surface area contributed by atoms with Gasteiger partial charge in [-0.3, -0.25) is 4.79 Å². The third-order valence-corrected chi connectivity index (χ3v) is 4.40. The second kappa shape index (κ2) is 8.49. The molecule has 2 aromatic rings. The van der Waals surface area contributed by atoms with Gasteiger partial charge in [-0.2, -0.15) is 0 Å². The van der Waals surface area contributed by atoms with Crippen molar-refractivity contribution in [2.24, 2.45) is 0 Å². The summed E-state index contributed by atoms with van der Waals surface area (Å²) < 4.78 is 5.51. The van der Waals surface area contributed by atoms with E-state index in [1.807, 2.05) is 49.4 Å². The lowest BCUT2D eigenvalue weighted by Crippen LogP contribution is -2.15. The van der Waals surface area contributed by atoms with Crippen molar-refractivity contribution in [3.8, 4) is 5.75 Å². The maximum absolute atomic E-state index is 12.1. The lowest BCUT2D eigenvalue weighted by molar-refractivity contribution is -0.113. The Morgan fingerprint density at radius 3 is 2.55 bits per heavy atom. The number of benzene rings is 2. The molecule has 1 atom stereocenters. The molecule has 0 unspecified atom stereocenters. The molecule has 0 saturated heterocycles. The summed E-state index contributed by atoms with van der Waals surface area (Å²) in [5, 5.41) is 3.20. The molecule has 0 aliphatic heterocycles. The van der Waals surface area contributed by atoms with Gasteiger partial charge in [0.25, 0.3) is 0 Å². The molecule has 2 aromatic carbocycles. The van der Waals surface area contributed by atoms with Gasteiger partial charge >= 0.3 is 0 Å². The van der Waals surface area contributed by atoms with Gasteiger partial charge in [0.05, 0.1) is 18.0 Å². The van der Waals surface area contributed by atoms with Crippen LogP contribution in [0.4, 0.5) is 5.69 Å². The van der Waals surface area contributed by atoms with Crippen LogP contribution in [0.15, 0.2) is 54.6 Å². The second-order valence-electron chi connectivity index (χ2n) is 4.84. The van der Waals surface area contributed by atoms with E-state index in [1.54, 1.807) is 11.8 Å². The van der Waals surface area contributed by atoms with Gasteiger partial charge in [-0.15, -0.1) is 11.8 Å². The summed E-state index contributed by atoms with van der Waals surface area (Å²) in [5.41, 5.74) is 1.96. The first kappa shape index (κ1) is 16.4.